The lowest BCUT2D eigenvalue weighted by Gasteiger charge is -2.39. The summed E-state index contributed by atoms with van der Waals surface area (Å²) >= 11 is 0. The molecule has 0 saturated carbocycles. The van der Waals surface area contributed by atoms with Crippen molar-refractivity contribution < 1.29 is 19.1 Å². The average Bonchev–Trinajstić information content (AvgIpc) is 2.72. The van der Waals surface area contributed by atoms with Crippen molar-refractivity contribution in [3.05, 3.63) is 11.9 Å². The number of piperazine rings is 1. The van der Waals surface area contributed by atoms with Crippen LogP contribution in [0.25, 0.3) is 0 Å². The Balaban J connectivity index is 1.70. The molecule has 2 aliphatic rings. The minimum absolute atomic E-state index is 0.0947. The van der Waals surface area contributed by atoms with Crippen LogP contribution in [0, 0.1) is 0 Å². The maximum Gasteiger partial charge on any atom is 0.410 e. The van der Waals surface area contributed by atoms with Gasteiger partial charge in [0, 0.05) is 64.7 Å². The smallest absolute Gasteiger partial charge is 0.410 e. The van der Waals surface area contributed by atoms with Gasteiger partial charge in [0.2, 0.25) is 11.7 Å². The zero-order valence-corrected chi connectivity index (χ0v) is 20.1. The van der Waals surface area contributed by atoms with Crippen LogP contribution in [0.5, 0.6) is 5.88 Å². The lowest BCUT2D eigenvalue weighted by Crippen LogP contribution is -2.51. The number of anilines is 1. The van der Waals surface area contributed by atoms with Gasteiger partial charge in [-0.15, -0.1) is 0 Å². The molecule has 3 heterocycles. The van der Waals surface area contributed by atoms with Crippen LogP contribution < -0.4 is 15.0 Å². The first-order valence-corrected chi connectivity index (χ1v) is 11.3. The highest BCUT2D eigenvalue weighted by atomic mass is 16.6. The Morgan fingerprint density at radius 1 is 1.12 bits per heavy atom. The number of nitrogens with zero attached hydrogens (tertiary/aromatic N) is 5. The van der Waals surface area contributed by atoms with Gasteiger partial charge in [0.25, 0.3) is 5.91 Å². The quantitative estimate of drug-likeness (QED) is 0.744. The van der Waals surface area contributed by atoms with E-state index in [1.807, 2.05) is 26.8 Å². The summed E-state index contributed by atoms with van der Waals surface area (Å²) in [6.45, 7) is 11.5. The number of carbonyl (C=O) groups excluding carboxylic acids is 2. The number of hydrogen-bond acceptors (Lipinski definition) is 8. The van der Waals surface area contributed by atoms with Crippen LogP contribution >= 0.6 is 0 Å². The van der Waals surface area contributed by atoms with Gasteiger partial charge >= 0.3 is 6.09 Å². The molecule has 0 unspecified atom stereocenters. The molecule has 1 atom stereocenters. The minimum atomic E-state index is -0.515. The molecule has 10 nitrogen and oxygen atoms in total. The minimum Gasteiger partial charge on any atom is -0.474 e. The van der Waals surface area contributed by atoms with E-state index in [-0.39, 0.29) is 30.0 Å². The van der Waals surface area contributed by atoms with E-state index in [0.717, 1.165) is 19.6 Å². The van der Waals surface area contributed by atoms with Gasteiger partial charge in [-0.3, -0.25) is 4.79 Å². The van der Waals surface area contributed by atoms with Crippen molar-refractivity contribution in [1.29, 1.82) is 0 Å². The van der Waals surface area contributed by atoms with E-state index in [9.17, 15) is 9.59 Å². The number of aromatic nitrogens is 2. The van der Waals surface area contributed by atoms with E-state index < -0.39 is 5.60 Å². The fourth-order valence-corrected chi connectivity index (χ4v) is 3.97. The molecule has 2 aliphatic heterocycles. The Morgan fingerprint density at radius 2 is 1.81 bits per heavy atom. The molecule has 1 N–H and O–H groups in total. The molecule has 0 aromatic carbocycles. The monoisotopic (exact) mass is 448 g/mol. The number of nitrogens with one attached hydrogen (secondary N) is 1. The van der Waals surface area contributed by atoms with E-state index in [1.54, 1.807) is 11.9 Å². The molecule has 1 aromatic heterocycles. The highest BCUT2D eigenvalue weighted by Crippen LogP contribution is 2.25. The van der Waals surface area contributed by atoms with Gasteiger partial charge in [0.1, 0.15) is 17.5 Å². The van der Waals surface area contributed by atoms with Crippen LogP contribution in [0.15, 0.2) is 6.07 Å². The lowest BCUT2D eigenvalue weighted by atomic mass is 10.1. The summed E-state index contributed by atoms with van der Waals surface area (Å²) in [6.07, 6.45) is 0.933. The van der Waals surface area contributed by atoms with Crippen LogP contribution in [-0.4, -0.2) is 96.3 Å². The fourth-order valence-electron chi connectivity index (χ4n) is 3.97. The number of rotatable bonds is 4. The van der Waals surface area contributed by atoms with E-state index >= 15 is 0 Å². The number of piperidine rings is 1. The molecule has 2 amide bonds. The number of carbonyl (C=O) groups is 2. The highest BCUT2D eigenvalue weighted by Gasteiger charge is 2.29. The molecule has 32 heavy (non-hydrogen) atoms. The Bertz CT molecular complexity index is 819. The van der Waals surface area contributed by atoms with E-state index in [1.165, 1.54) is 0 Å². The summed E-state index contributed by atoms with van der Waals surface area (Å²) in [5, 5.41) is 2.59. The van der Waals surface area contributed by atoms with E-state index in [4.69, 9.17) is 9.47 Å². The number of amides is 2. The molecular formula is C22H36N6O4. The Morgan fingerprint density at radius 3 is 2.41 bits per heavy atom. The second-order valence-electron chi connectivity index (χ2n) is 9.56. The largest absolute Gasteiger partial charge is 0.474 e. The maximum absolute atomic E-state index is 12.3. The van der Waals surface area contributed by atoms with Gasteiger partial charge < -0.3 is 29.5 Å². The summed E-state index contributed by atoms with van der Waals surface area (Å²) in [5.41, 5.74) is -0.515. The predicted molar refractivity (Wildman–Crippen MR) is 121 cm³/mol. The Kier molecular flexibility index (Phi) is 7.43. The normalized spacial score (nSPS) is 20.8. The number of ether oxygens (including phenoxy) is 2. The molecule has 178 valence electrons. The fraction of sp³-hybridized carbons (Fsp3) is 0.727. The van der Waals surface area contributed by atoms with Crippen molar-refractivity contribution in [2.45, 2.75) is 58.3 Å². The summed E-state index contributed by atoms with van der Waals surface area (Å²) in [6, 6.07) is 2.07. The van der Waals surface area contributed by atoms with Gasteiger partial charge in [0.05, 0.1) is 0 Å². The Hall–Kier alpha value is -2.62. The second-order valence-corrected chi connectivity index (χ2v) is 9.56. The summed E-state index contributed by atoms with van der Waals surface area (Å²) in [4.78, 5) is 39.6. The molecule has 0 aliphatic carbocycles. The van der Waals surface area contributed by atoms with Crippen molar-refractivity contribution >= 4 is 17.8 Å². The first-order valence-electron chi connectivity index (χ1n) is 11.3. The van der Waals surface area contributed by atoms with Crippen LogP contribution in [0.4, 0.5) is 10.6 Å². The first-order chi connectivity index (χ1) is 15.1. The van der Waals surface area contributed by atoms with Gasteiger partial charge in [-0.2, -0.15) is 4.98 Å². The topological polar surface area (TPSA) is 100 Å². The van der Waals surface area contributed by atoms with Crippen LogP contribution in [0.2, 0.25) is 0 Å². The van der Waals surface area contributed by atoms with Crippen molar-refractivity contribution in [3.63, 3.8) is 0 Å². The third kappa shape index (κ3) is 6.21. The van der Waals surface area contributed by atoms with Crippen molar-refractivity contribution in [1.82, 2.24) is 25.1 Å². The molecule has 0 radical (unpaired) electrons. The zero-order chi connectivity index (χ0) is 23.5. The molecule has 10 heteroatoms. The number of likely N-dealkylation sites (N-methyl/N-ethyl adjacent to an activating group) is 1. The molecule has 0 bridgehead atoms. The molecule has 1 aromatic rings. The van der Waals surface area contributed by atoms with E-state index in [0.29, 0.717) is 37.6 Å². The number of hydrogen-bond donors (Lipinski definition) is 1. The highest BCUT2D eigenvalue weighted by molar-refractivity contribution is 5.90. The second kappa shape index (κ2) is 9.89. The lowest BCUT2D eigenvalue weighted by molar-refractivity contribution is 0.0122. The van der Waals surface area contributed by atoms with Crippen LogP contribution in [0.3, 0.4) is 0 Å². The van der Waals surface area contributed by atoms with Crippen molar-refractivity contribution in [3.8, 4) is 5.88 Å². The first kappa shape index (κ1) is 24.0. The zero-order valence-electron chi connectivity index (χ0n) is 20.1. The predicted octanol–water partition coefficient (Wildman–Crippen LogP) is 1.75. The van der Waals surface area contributed by atoms with Crippen LogP contribution in [-0.2, 0) is 4.74 Å². The maximum atomic E-state index is 12.3. The van der Waals surface area contributed by atoms with Gasteiger partial charge in [-0.1, -0.05) is 0 Å². The molecule has 2 saturated heterocycles. The summed E-state index contributed by atoms with van der Waals surface area (Å²) < 4.78 is 11.6. The average molecular weight is 449 g/mol. The standard InChI is InChI=1S/C22H36N6O4/c1-15-14-26(6)11-12-28(15)17-13-18(25-19(24-17)20(29)23-5)31-16-7-9-27(10-8-16)21(30)32-22(2,3)4/h13,15-16H,7-12,14H2,1-6H3,(H,23,29)/t15-/m0/s1. The number of likely N-dealkylation sites (tertiary alicyclic amines) is 1. The SMILES string of the molecule is CNC(=O)c1nc(OC2CCN(C(=O)OC(C)(C)C)CC2)cc(N2CCN(C)C[C@@H]2C)n1. The summed E-state index contributed by atoms with van der Waals surface area (Å²) in [7, 11) is 3.66. The molecule has 0 spiro atoms. The molecular weight excluding hydrogens is 412 g/mol. The van der Waals surface area contributed by atoms with Gasteiger partial charge in [-0.05, 0) is 34.7 Å². The van der Waals surface area contributed by atoms with Crippen molar-refractivity contribution in [2.75, 3.05) is 51.7 Å². The third-order valence-corrected chi connectivity index (χ3v) is 5.63. The van der Waals surface area contributed by atoms with Gasteiger partial charge in [0.15, 0.2) is 0 Å². The molecule has 3 rings (SSSR count). The van der Waals surface area contributed by atoms with Crippen molar-refractivity contribution in [2.24, 2.45) is 0 Å². The van der Waals surface area contributed by atoms with Gasteiger partial charge in [-0.25, -0.2) is 9.78 Å². The third-order valence-electron chi connectivity index (χ3n) is 5.63. The Labute approximate surface area is 190 Å². The van der Waals surface area contributed by atoms with Crippen LogP contribution in [0.1, 0.15) is 51.2 Å². The summed E-state index contributed by atoms with van der Waals surface area (Å²) in [5.74, 6) is 0.825. The molecule has 2 fully saturated rings. The van der Waals surface area contributed by atoms with E-state index in [2.05, 4.69) is 39.1 Å².